The topological polar surface area (TPSA) is 110 Å². The zero-order valence-corrected chi connectivity index (χ0v) is 12.1. The molecule has 9 heteroatoms. The van der Waals surface area contributed by atoms with Gasteiger partial charge in [0.15, 0.2) is 0 Å². The lowest BCUT2D eigenvalue weighted by Gasteiger charge is -2.07. The van der Waals surface area contributed by atoms with Crippen molar-refractivity contribution < 1.29 is 9.85 Å². The number of nitrogens with zero attached hydrogens (tertiary/aromatic N) is 2. The van der Waals surface area contributed by atoms with Crippen molar-refractivity contribution in [2.45, 2.75) is 12.8 Å². The van der Waals surface area contributed by atoms with Crippen LogP contribution >= 0.6 is 11.6 Å². The van der Waals surface area contributed by atoms with Gasteiger partial charge in [0.2, 0.25) is 0 Å². The summed E-state index contributed by atoms with van der Waals surface area (Å²) >= 11 is 5.54. The van der Waals surface area contributed by atoms with Crippen LogP contribution in [0, 0.1) is 20.2 Å². The number of halogens is 1. The minimum absolute atomic E-state index is 0.284. The van der Waals surface area contributed by atoms with Crippen molar-refractivity contribution in [3.05, 3.63) is 38.4 Å². The summed E-state index contributed by atoms with van der Waals surface area (Å²) in [4.78, 5) is 20.3. The Morgan fingerprint density at radius 2 is 1.76 bits per heavy atom. The van der Waals surface area contributed by atoms with Crippen molar-refractivity contribution in [1.29, 1.82) is 0 Å². The van der Waals surface area contributed by atoms with Crippen molar-refractivity contribution in [2.75, 3.05) is 30.8 Å². The van der Waals surface area contributed by atoms with Crippen LogP contribution in [0.15, 0.2) is 18.2 Å². The smallest absolute Gasteiger partial charge is 0.299 e. The van der Waals surface area contributed by atoms with E-state index in [4.69, 9.17) is 11.6 Å². The lowest BCUT2D eigenvalue weighted by atomic mass is 10.2. The number of nitro benzene ring substituents is 2. The first-order valence-electron chi connectivity index (χ1n) is 6.49. The largest absolute Gasteiger partial charge is 0.379 e. The van der Waals surface area contributed by atoms with E-state index in [2.05, 4.69) is 10.6 Å². The molecule has 0 saturated carbocycles. The van der Waals surface area contributed by atoms with Crippen molar-refractivity contribution >= 4 is 28.7 Å². The summed E-state index contributed by atoms with van der Waals surface area (Å²) in [7, 11) is 0. The molecule has 0 unspecified atom stereocenters. The van der Waals surface area contributed by atoms with Gasteiger partial charge in [0.05, 0.1) is 15.9 Å². The molecule has 1 aromatic carbocycles. The maximum absolute atomic E-state index is 10.9. The lowest BCUT2D eigenvalue weighted by Crippen LogP contribution is -2.19. The summed E-state index contributed by atoms with van der Waals surface area (Å²) < 4.78 is 0. The van der Waals surface area contributed by atoms with E-state index < -0.39 is 9.85 Å². The number of benzene rings is 1. The molecule has 0 saturated heterocycles. The van der Waals surface area contributed by atoms with Crippen LogP contribution in [0.4, 0.5) is 17.1 Å². The second kappa shape index (κ2) is 9.09. The maximum atomic E-state index is 10.9. The average molecular weight is 317 g/mol. The van der Waals surface area contributed by atoms with E-state index in [1.54, 1.807) is 0 Å². The van der Waals surface area contributed by atoms with Gasteiger partial charge < -0.3 is 10.6 Å². The Kier molecular flexibility index (Phi) is 7.41. The number of nitro groups is 2. The molecule has 0 amide bonds. The third kappa shape index (κ3) is 5.92. The Balaban J connectivity index is 2.51. The van der Waals surface area contributed by atoms with Gasteiger partial charge in [-0.1, -0.05) is 0 Å². The van der Waals surface area contributed by atoms with Crippen molar-refractivity contribution in [3.8, 4) is 0 Å². The highest BCUT2D eigenvalue weighted by molar-refractivity contribution is 6.17. The van der Waals surface area contributed by atoms with Crippen LogP contribution in [0.5, 0.6) is 0 Å². The molecule has 0 aliphatic carbocycles. The van der Waals surface area contributed by atoms with Gasteiger partial charge in [-0.3, -0.25) is 20.2 Å². The minimum atomic E-state index is -0.655. The van der Waals surface area contributed by atoms with Gasteiger partial charge in [-0.2, -0.15) is 0 Å². The maximum Gasteiger partial charge on any atom is 0.299 e. The molecule has 0 aliphatic heterocycles. The van der Waals surface area contributed by atoms with Gasteiger partial charge >= 0.3 is 0 Å². The molecule has 0 spiro atoms. The van der Waals surface area contributed by atoms with E-state index in [1.165, 1.54) is 12.1 Å². The molecule has 21 heavy (non-hydrogen) atoms. The number of rotatable bonds is 10. The van der Waals surface area contributed by atoms with Crippen LogP contribution in [-0.2, 0) is 0 Å². The van der Waals surface area contributed by atoms with Crippen molar-refractivity contribution in [3.63, 3.8) is 0 Å². The molecule has 0 aliphatic rings. The molecule has 0 fully saturated rings. The molecule has 0 bridgehead atoms. The van der Waals surface area contributed by atoms with Crippen molar-refractivity contribution in [2.24, 2.45) is 0 Å². The summed E-state index contributed by atoms with van der Waals surface area (Å²) in [5.41, 5.74) is -0.305. The van der Waals surface area contributed by atoms with Gasteiger partial charge in [0.1, 0.15) is 5.69 Å². The van der Waals surface area contributed by atoms with Crippen LogP contribution in [0.25, 0.3) is 0 Å². The predicted octanol–water partition coefficient (Wildman–Crippen LogP) is 2.52. The zero-order chi connectivity index (χ0) is 15.7. The first-order valence-corrected chi connectivity index (χ1v) is 7.03. The highest BCUT2D eigenvalue weighted by Gasteiger charge is 2.18. The van der Waals surface area contributed by atoms with Crippen LogP contribution in [0.3, 0.4) is 0 Å². The SMILES string of the molecule is O=[N+]([O-])c1ccc(NCCCNCCCCl)c([N+](=O)[O-])c1. The fraction of sp³-hybridized carbons (Fsp3) is 0.500. The Morgan fingerprint density at radius 3 is 2.38 bits per heavy atom. The summed E-state index contributed by atoms with van der Waals surface area (Å²) in [6, 6.07) is 3.56. The lowest BCUT2D eigenvalue weighted by molar-refractivity contribution is -0.393. The summed E-state index contributed by atoms with van der Waals surface area (Å²) in [5.74, 6) is 0.611. The number of hydrogen-bond donors (Lipinski definition) is 2. The van der Waals surface area contributed by atoms with E-state index in [1.807, 2.05) is 0 Å². The van der Waals surface area contributed by atoms with Crippen LogP contribution in [0.1, 0.15) is 12.8 Å². The standard InChI is InChI=1S/C12H17ClN4O4/c13-5-1-6-14-7-2-8-15-11-4-3-10(16(18)19)9-12(11)17(20)21/h3-4,9,14-15H,1-2,5-8H2. The average Bonchev–Trinajstić information content (AvgIpc) is 2.46. The Bertz CT molecular complexity index is 498. The summed E-state index contributed by atoms with van der Waals surface area (Å²) in [5, 5.41) is 27.6. The molecule has 8 nitrogen and oxygen atoms in total. The van der Waals surface area contributed by atoms with Gasteiger partial charge in [0.25, 0.3) is 11.4 Å². The first-order chi connectivity index (χ1) is 10.1. The first kappa shape index (κ1) is 17.1. The fourth-order valence-corrected chi connectivity index (χ4v) is 1.82. The molecule has 1 rings (SSSR count). The number of non-ortho nitro benzene ring substituents is 1. The van der Waals surface area contributed by atoms with E-state index >= 15 is 0 Å². The van der Waals surface area contributed by atoms with Crippen LogP contribution in [-0.4, -0.2) is 35.4 Å². The second-order valence-electron chi connectivity index (χ2n) is 4.29. The number of alkyl halides is 1. The minimum Gasteiger partial charge on any atom is -0.379 e. The molecular formula is C12H17ClN4O4. The van der Waals surface area contributed by atoms with Crippen molar-refractivity contribution in [1.82, 2.24) is 5.32 Å². The van der Waals surface area contributed by atoms with Gasteiger partial charge in [0, 0.05) is 18.5 Å². The monoisotopic (exact) mass is 316 g/mol. The summed E-state index contributed by atoms with van der Waals surface area (Å²) in [6.45, 7) is 2.14. The highest BCUT2D eigenvalue weighted by atomic mass is 35.5. The Labute approximate surface area is 126 Å². The van der Waals surface area contributed by atoms with Crippen LogP contribution < -0.4 is 10.6 Å². The van der Waals surface area contributed by atoms with E-state index in [0.717, 1.165) is 32.0 Å². The van der Waals surface area contributed by atoms with Gasteiger partial charge in [-0.25, -0.2) is 0 Å². The molecular weight excluding hydrogens is 300 g/mol. The summed E-state index contributed by atoms with van der Waals surface area (Å²) in [6.07, 6.45) is 1.67. The fourth-order valence-electron chi connectivity index (χ4n) is 1.69. The molecule has 0 atom stereocenters. The number of nitrogens with one attached hydrogen (secondary N) is 2. The zero-order valence-electron chi connectivity index (χ0n) is 11.4. The third-order valence-corrected chi connectivity index (χ3v) is 2.99. The second-order valence-corrected chi connectivity index (χ2v) is 4.67. The highest BCUT2D eigenvalue weighted by Crippen LogP contribution is 2.28. The van der Waals surface area contributed by atoms with Gasteiger partial charge in [-0.05, 0) is 32.0 Å². The normalized spacial score (nSPS) is 10.3. The molecule has 116 valence electrons. The predicted molar refractivity (Wildman–Crippen MR) is 81.1 cm³/mol. The molecule has 2 N–H and O–H groups in total. The molecule has 0 heterocycles. The Morgan fingerprint density at radius 1 is 1.05 bits per heavy atom. The number of hydrogen-bond acceptors (Lipinski definition) is 6. The molecule has 0 aromatic heterocycles. The third-order valence-electron chi connectivity index (χ3n) is 2.72. The van der Waals surface area contributed by atoms with E-state index in [-0.39, 0.29) is 17.1 Å². The number of anilines is 1. The van der Waals surface area contributed by atoms with Crippen LogP contribution in [0.2, 0.25) is 0 Å². The Hall–Kier alpha value is -1.93. The van der Waals surface area contributed by atoms with Gasteiger partial charge in [-0.15, -0.1) is 11.6 Å². The van der Waals surface area contributed by atoms with E-state index in [0.29, 0.717) is 12.4 Å². The molecule has 0 radical (unpaired) electrons. The quantitative estimate of drug-likeness (QED) is 0.297. The molecule has 1 aromatic rings. The van der Waals surface area contributed by atoms with E-state index in [9.17, 15) is 20.2 Å².